The van der Waals surface area contributed by atoms with Gasteiger partial charge < -0.3 is 30.5 Å². The summed E-state index contributed by atoms with van der Waals surface area (Å²) in [5.74, 6) is -1.14. The highest BCUT2D eigenvalue weighted by atomic mass is 16.7. The van der Waals surface area contributed by atoms with Gasteiger partial charge in [-0.25, -0.2) is 0 Å². The van der Waals surface area contributed by atoms with E-state index in [9.17, 15) is 15.0 Å². The normalized spacial score (nSPS) is 34.4. The number of carbonyl (C=O) groups excluding carboxylic acids is 1. The molecule has 0 radical (unpaired) electrons. The molecule has 1 heterocycles. The fourth-order valence-corrected chi connectivity index (χ4v) is 1.36. The Balaban J connectivity index is 2.57. The molecule has 4 atom stereocenters. The van der Waals surface area contributed by atoms with E-state index in [0.717, 1.165) is 0 Å². The van der Waals surface area contributed by atoms with Gasteiger partial charge in [0.2, 0.25) is 6.29 Å². The van der Waals surface area contributed by atoms with Crippen molar-refractivity contribution in [3.63, 3.8) is 0 Å². The third-order valence-corrected chi connectivity index (χ3v) is 2.26. The van der Waals surface area contributed by atoms with Crippen molar-refractivity contribution in [3.8, 4) is 0 Å². The van der Waals surface area contributed by atoms with Gasteiger partial charge in [-0.15, -0.1) is 0 Å². The number of nitrogens with two attached hydrogens (primary N) is 1. The summed E-state index contributed by atoms with van der Waals surface area (Å²) in [6.07, 6.45) is -4.25. The fourth-order valence-electron chi connectivity index (χ4n) is 1.36. The van der Waals surface area contributed by atoms with E-state index in [1.54, 1.807) is 0 Å². The number of primary amides is 1. The van der Waals surface area contributed by atoms with Gasteiger partial charge in [-0.3, -0.25) is 4.79 Å². The molecule has 0 saturated carbocycles. The van der Waals surface area contributed by atoms with E-state index in [2.05, 4.69) is 6.58 Å². The first-order chi connectivity index (χ1) is 7.45. The van der Waals surface area contributed by atoms with E-state index < -0.39 is 37.1 Å². The van der Waals surface area contributed by atoms with E-state index in [-0.39, 0.29) is 12.2 Å². The van der Waals surface area contributed by atoms with Crippen LogP contribution in [0, 0.1) is 0 Å². The minimum absolute atomic E-state index is 0.0377. The minimum Gasteiger partial charge on any atom is -0.460 e. The van der Waals surface area contributed by atoms with Gasteiger partial charge in [-0.05, 0) is 0 Å². The summed E-state index contributed by atoms with van der Waals surface area (Å²) in [6.45, 7) is 2.79. The SMILES string of the molecule is C=C(OC1C[C@@H](O)[C@H](O)[C@@H](CO)O1)C(N)=O. The van der Waals surface area contributed by atoms with Crippen LogP contribution in [0.1, 0.15) is 6.42 Å². The zero-order valence-corrected chi connectivity index (χ0v) is 8.57. The lowest BCUT2D eigenvalue weighted by Crippen LogP contribution is -2.50. The van der Waals surface area contributed by atoms with Crippen LogP contribution in [-0.4, -0.2) is 52.4 Å². The van der Waals surface area contributed by atoms with Crippen LogP contribution in [0.3, 0.4) is 0 Å². The maximum absolute atomic E-state index is 10.7. The Morgan fingerprint density at radius 2 is 2.19 bits per heavy atom. The van der Waals surface area contributed by atoms with Gasteiger partial charge in [0, 0.05) is 6.42 Å². The van der Waals surface area contributed by atoms with Crippen LogP contribution >= 0.6 is 0 Å². The maximum Gasteiger partial charge on any atom is 0.283 e. The smallest absolute Gasteiger partial charge is 0.283 e. The van der Waals surface area contributed by atoms with Crippen molar-refractivity contribution in [3.05, 3.63) is 12.3 Å². The topological polar surface area (TPSA) is 122 Å². The second-order valence-electron chi connectivity index (χ2n) is 3.49. The van der Waals surface area contributed by atoms with E-state index in [1.807, 2.05) is 0 Å². The first kappa shape index (κ1) is 12.9. The van der Waals surface area contributed by atoms with Crippen LogP contribution in [0.2, 0.25) is 0 Å². The molecule has 1 aliphatic rings. The molecule has 1 saturated heterocycles. The number of carbonyl (C=O) groups is 1. The number of hydrogen-bond donors (Lipinski definition) is 4. The van der Waals surface area contributed by atoms with Crippen LogP contribution in [0.15, 0.2) is 12.3 Å². The average molecular weight is 233 g/mol. The van der Waals surface area contributed by atoms with Gasteiger partial charge in [-0.1, -0.05) is 6.58 Å². The van der Waals surface area contributed by atoms with Crippen LogP contribution in [0.5, 0.6) is 0 Å². The van der Waals surface area contributed by atoms with Gasteiger partial charge in [0.05, 0.1) is 12.7 Å². The highest BCUT2D eigenvalue weighted by Gasteiger charge is 2.37. The standard InChI is InChI=1S/C9H15NO6/c1-4(9(10)14)15-7-2-5(12)8(13)6(3-11)16-7/h5-8,11-13H,1-3H2,(H2,10,14)/t5-,6-,7?,8+/m1/s1. The Bertz CT molecular complexity index is 281. The van der Waals surface area contributed by atoms with Gasteiger partial charge in [0.25, 0.3) is 5.91 Å². The summed E-state index contributed by atoms with van der Waals surface area (Å²) < 4.78 is 10.0. The predicted molar refractivity (Wildman–Crippen MR) is 51.8 cm³/mol. The Hall–Kier alpha value is -1.15. The summed E-state index contributed by atoms with van der Waals surface area (Å²) >= 11 is 0. The monoisotopic (exact) mass is 233 g/mol. The summed E-state index contributed by atoms with van der Waals surface area (Å²) in [6, 6.07) is 0. The number of amides is 1. The van der Waals surface area contributed by atoms with Crippen molar-refractivity contribution in [2.45, 2.75) is 31.0 Å². The van der Waals surface area contributed by atoms with E-state index in [0.29, 0.717) is 0 Å². The van der Waals surface area contributed by atoms with Crippen molar-refractivity contribution in [1.29, 1.82) is 0 Å². The zero-order chi connectivity index (χ0) is 12.3. The Labute approximate surface area is 92.1 Å². The van der Waals surface area contributed by atoms with Crippen LogP contribution in [0.25, 0.3) is 0 Å². The summed E-state index contributed by atoms with van der Waals surface area (Å²) in [5.41, 5.74) is 4.90. The van der Waals surface area contributed by atoms with E-state index in [1.165, 1.54) is 0 Å². The molecule has 16 heavy (non-hydrogen) atoms. The van der Waals surface area contributed by atoms with Crippen LogP contribution in [0.4, 0.5) is 0 Å². The molecule has 0 aromatic heterocycles. The van der Waals surface area contributed by atoms with Gasteiger partial charge in [0.15, 0.2) is 5.76 Å². The predicted octanol–water partition coefficient (Wildman–Crippen LogP) is -2.17. The van der Waals surface area contributed by atoms with Gasteiger partial charge in [0.1, 0.15) is 12.2 Å². The first-order valence-corrected chi connectivity index (χ1v) is 4.73. The zero-order valence-electron chi connectivity index (χ0n) is 8.57. The molecule has 1 aliphatic heterocycles. The molecule has 0 spiro atoms. The average Bonchev–Trinajstić information content (AvgIpc) is 2.22. The van der Waals surface area contributed by atoms with Crippen molar-refractivity contribution >= 4 is 5.91 Å². The van der Waals surface area contributed by atoms with Crippen molar-refractivity contribution < 1.29 is 29.6 Å². The second-order valence-corrected chi connectivity index (χ2v) is 3.49. The van der Waals surface area contributed by atoms with Gasteiger partial charge >= 0.3 is 0 Å². The van der Waals surface area contributed by atoms with E-state index >= 15 is 0 Å². The fraction of sp³-hybridized carbons (Fsp3) is 0.667. The molecule has 0 aromatic rings. The van der Waals surface area contributed by atoms with Crippen molar-refractivity contribution in [2.75, 3.05) is 6.61 Å². The lowest BCUT2D eigenvalue weighted by atomic mass is 10.0. The largest absolute Gasteiger partial charge is 0.460 e. The van der Waals surface area contributed by atoms with Crippen molar-refractivity contribution in [2.24, 2.45) is 5.73 Å². The third kappa shape index (κ3) is 2.92. The van der Waals surface area contributed by atoms with Crippen LogP contribution < -0.4 is 5.73 Å². The lowest BCUT2D eigenvalue weighted by molar-refractivity contribution is -0.245. The first-order valence-electron chi connectivity index (χ1n) is 4.73. The summed E-state index contributed by atoms with van der Waals surface area (Å²) in [7, 11) is 0. The molecule has 1 rings (SSSR count). The molecule has 1 unspecified atom stereocenters. The molecule has 7 heteroatoms. The molecular formula is C9H15NO6. The minimum atomic E-state index is -1.19. The number of rotatable bonds is 4. The van der Waals surface area contributed by atoms with Crippen LogP contribution in [-0.2, 0) is 14.3 Å². The Kier molecular flexibility index (Phi) is 4.25. The molecule has 92 valence electrons. The second kappa shape index (κ2) is 5.26. The highest BCUT2D eigenvalue weighted by molar-refractivity contribution is 5.89. The molecular weight excluding hydrogens is 218 g/mol. The number of aliphatic hydroxyl groups is 3. The molecule has 1 amide bonds. The molecule has 5 N–H and O–H groups in total. The number of hydrogen-bond acceptors (Lipinski definition) is 6. The van der Waals surface area contributed by atoms with Crippen molar-refractivity contribution in [1.82, 2.24) is 0 Å². The molecule has 0 bridgehead atoms. The number of aliphatic hydroxyl groups excluding tert-OH is 3. The third-order valence-electron chi connectivity index (χ3n) is 2.26. The number of ether oxygens (including phenoxy) is 2. The summed E-state index contributed by atoms with van der Waals surface area (Å²) in [4.78, 5) is 10.7. The Morgan fingerprint density at radius 1 is 1.56 bits per heavy atom. The molecule has 0 aliphatic carbocycles. The highest BCUT2D eigenvalue weighted by Crippen LogP contribution is 2.22. The molecule has 7 nitrogen and oxygen atoms in total. The molecule has 0 aromatic carbocycles. The maximum atomic E-state index is 10.7. The lowest BCUT2D eigenvalue weighted by Gasteiger charge is -2.36. The summed E-state index contributed by atoms with van der Waals surface area (Å²) in [5, 5.41) is 27.7. The van der Waals surface area contributed by atoms with Gasteiger partial charge in [-0.2, -0.15) is 0 Å². The van der Waals surface area contributed by atoms with E-state index in [4.69, 9.17) is 20.3 Å². The Morgan fingerprint density at radius 3 is 2.69 bits per heavy atom. The quantitative estimate of drug-likeness (QED) is 0.324. The molecule has 1 fully saturated rings.